The maximum Gasteiger partial charge on any atom is 0.410 e. The molecule has 6 nitrogen and oxygen atoms in total. The summed E-state index contributed by atoms with van der Waals surface area (Å²) in [5, 5.41) is 3.60. The molecule has 1 amide bonds. The molecule has 1 N–H and O–H groups in total. The molecule has 0 radical (unpaired) electrons. The molecule has 1 unspecified atom stereocenters. The molecule has 1 aliphatic heterocycles. The summed E-state index contributed by atoms with van der Waals surface area (Å²) >= 11 is 0. The van der Waals surface area contributed by atoms with Crippen molar-refractivity contribution in [3.05, 3.63) is 24.5 Å². The topological polar surface area (TPSA) is 57.7 Å². The Balaban J connectivity index is 1.72. The van der Waals surface area contributed by atoms with E-state index in [0.717, 1.165) is 32.5 Å². The summed E-state index contributed by atoms with van der Waals surface area (Å²) < 4.78 is 5.42. The minimum absolute atomic E-state index is 0.0908. The van der Waals surface area contributed by atoms with Crippen LogP contribution in [-0.4, -0.2) is 60.3 Å². The average molecular weight is 348 g/mol. The molecular formula is C19H32N4O2. The number of anilines is 1. The van der Waals surface area contributed by atoms with Gasteiger partial charge < -0.3 is 19.9 Å². The summed E-state index contributed by atoms with van der Waals surface area (Å²) in [4.78, 5) is 20.3. The molecule has 25 heavy (non-hydrogen) atoms. The van der Waals surface area contributed by atoms with E-state index in [1.54, 1.807) is 11.9 Å². The average Bonchev–Trinajstić information content (AvgIpc) is 2.58. The summed E-state index contributed by atoms with van der Waals surface area (Å²) in [5.74, 6) is 0. The van der Waals surface area contributed by atoms with Gasteiger partial charge in [0.25, 0.3) is 0 Å². The first-order valence-electron chi connectivity index (χ1n) is 9.10. The van der Waals surface area contributed by atoms with Crippen LogP contribution in [0.1, 0.15) is 40.5 Å². The number of carbonyl (C=O) groups excluding carboxylic acids is 1. The lowest BCUT2D eigenvalue weighted by Gasteiger charge is -2.35. The van der Waals surface area contributed by atoms with Gasteiger partial charge in [-0.1, -0.05) is 0 Å². The molecular weight excluding hydrogens is 316 g/mol. The Kier molecular flexibility index (Phi) is 6.64. The van der Waals surface area contributed by atoms with Gasteiger partial charge in [-0.25, -0.2) is 4.79 Å². The van der Waals surface area contributed by atoms with Gasteiger partial charge in [0, 0.05) is 56.8 Å². The van der Waals surface area contributed by atoms with Gasteiger partial charge in [0.1, 0.15) is 5.60 Å². The molecule has 140 valence electrons. The first kappa shape index (κ1) is 19.5. The predicted molar refractivity (Wildman–Crippen MR) is 101 cm³/mol. The summed E-state index contributed by atoms with van der Waals surface area (Å²) in [6.07, 6.45) is 5.62. The standard InChI is InChI=1S/C19H32N4O2/c1-15(22(5)18(24)25-19(2,3)4)14-21-16-8-12-23(13-9-16)17-6-10-20-11-7-17/h6-7,10-11,15-16,21H,8-9,12-14H2,1-5H3. The number of aromatic nitrogens is 1. The van der Waals surface area contributed by atoms with Crippen LogP contribution >= 0.6 is 0 Å². The van der Waals surface area contributed by atoms with Crippen molar-refractivity contribution < 1.29 is 9.53 Å². The van der Waals surface area contributed by atoms with Gasteiger partial charge in [0.2, 0.25) is 0 Å². The first-order chi connectivity index (χ1) is 11.8. The molecule has 0 aromatic carbocycles. The second kappa shape index (κ2) is 8.52. The van der Waals surface area contributed by atoms with E-state index in [2.05, 4.69) is 27.3 Å². The van der Waals surface area contributed by atoms with E-state index >= 15 is 0 Å². The zero-order chi connectivity index (χ0) is 18.4. The van der Waals surface area contributed by atoms with Crippen LogP contribution in [0.3, 0.4) is 0 Å². The number of carbonyl (C=O) groups is 1. The second-order valence-electron chi connectivity index (χ2n) is 7.82. The Bertz CT molecular complexity index is 536. The van der Waals surface area contributed by atoms with Crippen LogP contribution in [0.25, 0.3) is 0 Å². The zero-order valence-corrected chi connectivity index (χ0v) is 16.2. The molecule has 0 saturated carbocycles. The maximum absolute atomic E-state index is 12.1. The lowest BCUT2D eigenvalue weighted by Crippen LogP contribution is -2.48. The Morgan fingerprint density at radius 3 is 2.52 bits per heavy atom. The van der Waals surface area contributed by atoms with Crippen LogP contribution in [0, 0.1) is 0 Å². The van der Waals surface area contributed by atoms with Gasteiger partial charge in [-0.05, 0) is 52.7 Å². The smallest absolute Gasteiger partial charge is 0.410 e. The quantitative estimate of drug-likeness (QED) is 0.887. The van der Waals surface area contributed by atoms with Gasteiger partial charge in [-0.3, -0.25) is 4.98 Å². The van der Waals surface area contributed by atoms with Crippen LogP contribution in [0.5, 0.6) is 0 Å². The number of ether oxygens (including phenoxy) is 1. The Hall–Kier alpha value is -1.82. The van der Waals surface area contributed by atoms with E-state index in [1.165, 1.54) is 5.69 Å². The zero-order valence-electron chi connectivity index (χ0n) is 16.2. The Morgan fingerprint density at radius 2 is 1.96 bits per heavy atom. The lowest BCUT2D eigenvalue weighted by atomic mass is 10.0. The highest BCUT2D eigenvalue weighted by atomic mass is 16.6. The number of hydrogen-bond acceptors (Lipinski definition) is 5. The van der Waals surface area contributed by atoms with Gasteiger partial charge in [-0.2, -0.15) is 0 Å². The maximum atomic E-state index is 12.1. The third-order valence-corrected chi connectivity index (χ3v) is 4.57. The van der Waals surface area contributed by atoms with Crippen LogP contribution in [-0.2, 0) is 4.74 Å². The molecule has 6 heteroatoms. The van der Waals surface area contributed by atoms with E-state index in [0.29, 0.717) is 6.04 Å². The number of nitrogens with zero attached hydrogens (tertiary/aromatic N) is 3. The Morgan fingerprint density at radius 1 is 1.36 bits per heavy atom. The summed E-state index contributed by atoms with van der Waals surface area (Å²) in [7, 11) is 1.80. The van der Waals surface area contributed by atoms with E-state index < -0.39 is 5.60 Å². The minimum atomic E-state index is -0.460. The highest BCUT2D eigenvalue weighted by molar-refractivity contribution is 5.68. The SMILES string of the molecule is CC(CNC1CCN(c2ccncc2)CC1)N(C)C(=O)OC(C)(C)C. The van der Waals surface area contributed by atoms with Crippen molar-refractivity contribution in [1.29, 1.82) is 0 Å². The fourth-order valence-electron chi connectivity index (χ4n) is 2.88. The van der Waals surface area contributed by atoms with Crippen molar-refractivity contribution in [2.24, 2.45) is 0 Å². The van der Waals surface area contributed by atoms with Crippen molar-refractivity contribution in [2.75, 3.05) is 31.6 Å². The fraction of sp³-hybridized carbons (Fsp3) is 0.684. The lowest BCUT2D eigenvalue weighted by molar-refractivity contribution is 0.0233. The van der Waals surface area contributed by atoms with E-state index in [9.17, 15) is 4.79 Å². The third-order valence-electron chi connectivity index (χ3n) is 4.57. The van der Waals surface area contributed by atoms with Crippen LogP contribution in [0.15, 0.2) is 24.5 Å². The highest BCUT2D eigenvalue weighted by Gasteiger charge is 2.24. The molecule has 1 atom stereocenters. The monoisotopic (exact) mass is 348 g/mol. The predicted octanol–water partition coefficient (Wildman–Crippen LogP) is 2.90. The number of amides is 1. The molecule has 1 aromatic rings. The van der Waals surface area contributed by atoms with Crippen molar-refractivity contribution in [3.8, 4) is 0 Å². The number of hydrogen-bond donors (Lipinski definition) is 1. The molecule has 2 heterocycles. The molecule has 1 aromatic heterocycles. The largest absolute Gasteiger partial charge is 0.444 e. The van der Waals surface area contributed by atoms with Crippen LogP contribution < -0.4 is 10.2 Å². The van der Waals surface area contributed by atoms with Crippen molar-refractivity contribution in [3.63, 3.8) is 0 Å². The van der Waals surface area contributed by atoms with Crippen molar-refractivity contribution in [2.45, 2.75) is 58.2 Å². The minimum Gasteiger partial charge on any atom is -0.444 e. The number of rotatable bonds is 5. The first-order valence-corrected chi connectivity index (χ1v) is 9.10. The fourth-order valence-corrected chi connectivity index (χ4v) is 2.88. The van der Waals surface area contributed by atoms with Gasteiger partial charge in [-0.15, -0.1) is 0 Å². The molecule has 0 aliphatic carbocycles. The van der Waals surface area contributed by atoms with Gasteiger partial charge >= 0.3 is 6.09 Å². The van der Waals surface area contributed by atoms with E-state index in [4.69, 9.17) is 4.74 Å². The van der Waals surface area contributed by atoms with Crippen LogP contribution in [0.4, 0.5) is 10.5 Å². The Labute approximate surface area is 151 Å². The van der Waals surface area contributed by atoms with Crippen molar-refractivity contribution in [1.82, 2.24) is 15.2 Å². The highest BCUT2D eigenvalue weighted by Crippen LogP contribution is 2.19. The number of pyridine rings is 1. The van der Waals surface area contributed by atoms with E-state index in [1.807, 2.05) is 40.1 Å². The second-order valence-corrected chi connectivity index (χ2v) is 7.82. The van der Waals surface area contributed by atoms with Crippen molar-refractivity contribution >= 4 is 11.8 Å². The molecule has 1 fully saturated rings. The van der Waals surface area contributed by atoms with E-state index in [-0.39, 0.29) is 12.1 Å². The summed E-state index contributed by atoms with van der Waals surface area (Å²) in [5.41, 5.74) is 0.782. The normalized spacial score (nSPS) is 17.2. The van der Waals surface area contributed by atoms with Gasteiger partial charge in [0.15, 0.2) is 0 Å². The molecule has 0 bridgehead atoms. The number of nitrogens with one attached hydrogen (secondary N) is 1. The summed E-state index contributed by atoms with van der Waals surface area (Å²) in [6, 6.07) is 4.71. The molecule has 1 aliphatic rings. The number of likely N-dealkylation sites (N-methyl/N-ethyl adjacent to an activating group) is 1. The molecule has 1 saturated heterocycles. The number of piperidine rings is 1. The van der Waals surface area contributed by atoms with Gasteiger partial charge in [0.05, 0.1) is 0 Å². The third kappa shape index (κ3) is 6.20. The molecule has 0 spiro atoms. The molecule has 2 rings (SSSR count). The summed E-state index contributed by atoms with van der Waals surface area (Å²) in [6.45, 7) is 10.6. The van der Waals surface area contributed by atoms with Crippen LogP contribution in [0.2, 0.25) is 0 Å².